The first-order valence-corrected chi connectivity index (χ1v) is 10.7. The lowest BCUT2D eigenvalue weighted by Crippen LogP contribution is -2.50. The smallest absolute Gasteiger partial charge is 0.0623 e. The first-order valence-electron chi connectivity index (χ1n) is 10.7. The number of halogens is 1. The molecule has 0 bridgehead atoms. The Kier molecular flexibility index (Phi) is 8.41. The van der Waals surface area contributed by atoms with Gasteiger partial charge >= 0.3 is 0 Å². The van der Waals surface area contributed by atoms with Gasteiger partial charge in [0.15, 0.2) is 0 Å². The van der Waals surface area contributed by atoms with Gasteiger partial charge in [-0.3, -0.25) is 4.90 Å². The van der Waals surface area contributed by atoms with Crippen molar-refractivity contribution in [2.24, 2.45) is 5.92 Å². The summed E-state index contributed by atoms with van der Waals surface area (Å²) in [6.07, 6.45) is 8.10. The van der Waals surface area contributed by atoms with E-state index in [0.717, 1.165) is 32.8 Å². The Bertz CT molecular complexity index is 558. The van der Waals surface area contributed by atoms with Crippen molar-refractivity contribution in [2.75, 3.05) is 32.8 Å². The van der Waals surface area contributed by atoms with Crippen molar-refractivity contribution in [1.29, 1.82) is 0 Å². The van der Waals surface area contributed by atoms with Crippen LogP contribution in [0.5, 0.6) is 0 Å². The molecule has 1 aromatic rings. The molecular weight excluding hydrogens is 358 g/mol. The minimum Gasteiger partial charge on any atom is -0.379 e. The van der Waals surface area contributed by atoms with Crippen molar-refractivity contribution >= 4 is 12.4 Å². The minimum absolute atomic E-state index is 0. The molecule has 3 unspecified atom stereocenters. The van der Waals surface area contributed by atoms with Crippen LogP contribution in [0, 0.1) is 5.92 Å². The average molecular weight is 394 g/mol. The van der Waals surface area contributed by atoms with Gasteiger partial charge < -0.3 is 15.4 Å². The highest BCUT2D eigenvalue weighted by atomic mass is 35.5. The van der Waals surface area contributed by atoms with Gasteiger partial charge in [-0.15, -0.1) is 12.4 Å². The Morgan fingerprint density at radius 1 is 1.04 bits per heavy atom. The number of hydrogen-bond acceptors (Lipinski definition) is 4. The zero-order chi connectivity index (χ0) is 17.6. The summed E-state index contributed by atoms with van der Waals surface area (Å²) in [5, 5.41) is 7.59. The Balaban J connectivity index is 0.00000210. The summed E-state index contributed by atoms with van der Waals surface area (Å²) in [5.74, 6) is 0.713. The summed E-state index contributed by atoms with van der Waals surface area (Å²) >= 11 is 0. The number of nitrogens with zero attached hydrogens (tertiary/aromatic N) is 1. The van der Waals surface area contributed by atoms with Crippen LogP contribution in [0.3, 0.4) is 0 Å². The summed E-state index contributed by atoms with van der Waals surface area (Å²) in [6.45, 7) is 7.40. The molecule has 3 atom stereocenters. The third-order valence-corrected chi connectivity index (χ3v) is 6.55. The molecule has 4 rings (SSSR count). The van der Waals surface area contributed by atoms with E-state index in [1.54, 1.807) is 0 Å². The van der Waals surface area contributed by atoms with E-state index in [9.17, 15) is 0 Å². The maximum atomic E-state index is 5.71. The van der Waals surface area contributed by atoms with E-state index in [2.05, 4.69) is 39.8 Å². The summed E-state index contributed by atoms with van der Waals surface area (Å²) in [6, 6.07) is 10.2. The Morgan fingerprint density at radius 2 is 1.85 bits per heavy atom. The van der Waals surface area contributed by atoms with Crippen molar-refractivity contribution in [3.05, 3.63) is 35.4 Å². The predicted molar refractivity (Wildman–Crippen MR) is 113 cm³/mol. The van der Waals surface area contributed by atoms with Gasteiger partial charge in [0.1, 0.15) is 0 Å². The molecule has 0 amide bonds. The monoisotopic (exact) mass is 393 g/mol. The fourth-order valence-corrected chi connectivity index (χ4v) is 5.07. The van der Waals surface area contributed by atoms with Crippen molar-refractivity contribution in [1.82, 2.24) is 15.5 Å². The van der Waals surface area contributed by atoms with Crippen molar-refractivity contribution in [3.63, 3.8) is 0 Å². The van der Waals surface area contributed by atoms with Crippen LogP contribution in [0.4, 0.5) is 0 Å². The molecule has 2 heterocycles. The van der Waals surface area contributed by atoms with Crippen LogP contribution in [-0.2, 0) is 17.8 Å². The number of likely N-dealkylation sites (tertiary alicyclic amines) is 1. The number of piperidine rings is 1. The third-order valence-electron chi connectivity index (χ3n) is 6.55. The molecule has 0 spiro atoms. The summed E-state index contributed by atoms with van der Waals surface area (Å²) in [7, 11) is 0. The number of hydrogen-bond donors (Lipinski definition) is 2. The lowest BCUT2D eigenvalue weighted by molar-refractivity contribution is 0.0524. The molecule has 2 saturated heterocycles. The second-order valence-electron chi connectivity index (χ2n) is 8.32. The molecule has 2 N–H and O–H groups in total. The van der Waals surface area contributed by atoms with E-state index in [4.69, 9.17) is 4.74 Å². The topological polar surface area (TPSA) is 36.5 Å². The largest absolute Gasteiger partial charge is 0.379 e. The SMILES string of the molecule is Cl.c1ccc(CN2CCCCC2)c(CNC2CCCC2C2COCCN2)c1. The van der Waals surface area contributed by atoms with Gasteiger partial charge in [-0.2, -0.15) is 0 Å². The number of nitrogens with one attached hydrogen (secondary N) is 2. The highest BCUT2D eigenvalue weighted by Crippen LogP contribution is 2.30. The second-order valence-corrected chi connectivity index (χ2v) is 8.32. The minimum atomic E-state index is 0. The molecule has 2 aliphatic heterocycles. The Morgan fingerprint density at radius 3 is 2.63 bits per heavy atom. The normalized spacial score (nSPS) is 29.4. The van der Waals surface area contributed by atoms with Gasteiger partial charge in [-0.05, 0) is 55.8 Å². The first-order chi connectivity index (χ1) is 12.9. The number of ether oxygens (including phenoxy) is 1. The van der Waals surface area contributed by atoms with Crippen molar-refractivity contribution in [3.8, 4) is 0 Å². The van der Waals surface area contributed by atoms with Gasteiger partial charge in [-0.1, -0.05) is 37.1 Å². The van der Waals surface area contributed by atoms with Gasteiger partial charge in [0.2, 0.25) is 0 Å². The van der Waals surface area contributed by atoms with Crippen LogP contribution in [0.1, 0.15) is 49.7 Å². The molecule has 1 saturated carbocycles. The van der Waals surface area contributed by atoms with E-state index in [1.807, 2.05) is 0 Å². The zero-order valence-corrected chi connectivity index (χ0v) is 17.3. The molecule has 0 radical (unpaired) electrons. The van der Waals surface area contributed by atoms with Crippen LogP contribution in [0.15, 0.2) is 24.3 Å². The van der Waals surface area contributed by atoms with E-state index < -0.39 is 0 Å². The van der Waals surface area contributed by atoms with E-state index in [1.165, 1.54) is 62.7 Å². The van der Waals surface area contributed by atoms with Gasteiger partial charge in [-0.25, -0.2) is 0 Å². The second kappa shape index (κ2) is 10.8. The van der Waals surface area contributed by atoms with Gasteiger partial charge in [0.25, 0.3) is 0 Å². The number of morpholine rings is 1. The standard InChI is InChI=1S/C22H35N3O.ClH/c1-4-12-25(13-5-1)16-19-8-3-2-7-18(19)15-24-21-10-6-9-20(21)22-17-26-14-11-23-22;/h2-3,7-8,20-24H,1,4-6,9-17H2;1H. The van der Waals surface area contributed by atoms with Crippen LogP contribution in [-0.4, -0.2) is 49.8 Å². The van der Waals surface area contributed by atoms with Crippen LogP contribution in [0.2, 0.25) is 0 Å². The highest BCUT2D eigenvalue weighted by molar-refractivity contribution is 5.85. The van der Waals surface area contributed by atoms with Gasteiger partial charge in [0.05, 0.1) is 13.2 Å². The molecule has 0 aromatic heterocycles. The maximum Gasteiger partial charge on any atom is 0.0623 e. The molecule has 3 fully saturated rings. The number of benzene rings is 1. The molecule has 3 aliphatic rings. The van der Waals surface area contributed by atoms with Crippen molar-refractivity contribution < 1.29 is 4.74 Å². The van der Waals surface area contributed by atoms with E-state index in [-0.39, 0.29) is 12.4 Å². The van der Waals surface area contributed by atoms with Crippen LogP contribution in [0.25, 0.3) is 0 Å². The molecule has 152 valence electrons. The van der Waals surface area contributed by atoms with Crippen LogP contribution < -0.4 is 10.6 Å². The average Bonchev–Trinajstić information content (AvgIpc) is 3.17. The van der Waals surface area contributed by atoms with Crippen LogP contribution >= 0.6 is 12.4 Å². The van der Waals surface area contributed by atoms with E-state index in [0.29, 0.717) is 18.0 Å². The van der Waals surface area contributed by atoms with Crippen molar-refractivity contribution in [2.45, 2.75) is 63.7 Å². The van der Waals surface area contributed by atoms with Gasteiger partial charge in [0, 0.05) is 31.7 Å². The lowest BCUT2D eigenvalue weighted by Gasteiger charge is -2.33. The zero-order valence-electron chi connectivity index (χ0n) is 16.5. The molecular formula is C22H36ClN3O. The quantitative estimate of drug-likeness (QED) is 0.777. The van der Waals surface area contributed by atoms with E-state index >= 15 is 0 Å². The summed E-state index contributed by atoms with van der Waals surface area (Å²) in [5.41, 5.74) is 2.99. The Labute approximate surface area is 170 Å². The highest BCUT2D eigenvalue weighted by Gasteiger charge is 2.34. The molecule has 1 aromatic carbocycles. The molecule has 27 heavy (non-hydrogen) atoms. The summed E-state index contributed by atoms with van der Waals surface area (Å²) in [4.78, 5) is 2.63. The lowest BCUT2D eigenvalue weighted by atomic mass is 9.93. The fourth-order valence-electron chi connectivity index (χ4n) is 5.07. The third kappa shape index (κ3) is 5.68. The first kappa shape index (κ1) is 21.1. The maximum absolute atomic E-state index is 5.71. The molecule has 4 nitrogen and oxygen atoms in total. The summed E-state index contributed by atoms with van der Waals surface area (Å²) < 4.78 is 5.71. The molecule has 5 heteroatoms. The number of rotatable bonds is 6. The predicted octanol–water partition coefficient (Wildman–Crippen LogP) is 3.34. The molecule has 1 aliphatic carbocycles. The Hall–Kier alpha value is -0.650. The fraction of sp³-hybridized carbons (Fsp3) is 0.727.